The minimum atomic E-state index is 0.0540. The van der Waals surface area contributed by atoms with E-state index in [-0.39, 0.29) is 5.84 Å². The number of aromatic nitrogens is 2. The van der Waals surface area contributed by atoms with Crippen molar-refractivity contribution in [3.8, 4) is 5.75 Å². The van der Waals surface area contributed by atoms with Crippen molar-refractivity contribution in [2.75, 3.05) is 0 Å². The minimum Gasteiger partial charge on any atom is -0.487 e. The van der Waals surface area contributed by atoms with Crippen molar-refractivity contribution >= 4 is 5.84 Å². The number of nitrogens with two attached hydrogens (primary N) is 1. The van der Waals surface area contributed by atoms with Crippen LogP contribution >= 0.6 is 0 Å². The highest BCUT2D eigenvalue weighted by Crippen LogP contribution is 2.14. The van der Waals surface area contributed by atoms with Gasteiger partial charge in [-0.05, 0) is 18.2 Å². The number of nitrogens with zero attached hydrogens (tertiary/aromatic N) is 3. The molecule has 2 aromatic rings. The molecule has 6 nitrogen and oxygen atoms in total. The highest BCUT2D eigenvalue weighted by molar-refractivity contribution is 5.97. The molecule has 0 unspecified atom stereocenters. The second kappa shape index (κ2) is 5.22. The predicted molar refractivity (Wildman–Crippen MR) is 66.5 cm³/mol. The van der Waals surface area contributed by atoms with Crippen LogP contribution < -0.4 is 10.5 Å². The van der Waals surface area contributed by atoms with Crippen LogP contribution in [0.1, 0.15) is 11.3 Å². The smallest absolute Gasteiger partial charge is 0.170 e. The summed E-state index contributed by atoms with van der Waals surface area (Å²) in [6, 6.07) is 8.91. The van der Waals surface area contributed by atoms with Crippen molar-refractivity contribution in [2.24, 2.45) is 17.9 Å². The maximum Gasteiger partial charge on any atom is 0.170 e. The third-order valence-corrected chi connectivity index (χ3v) is 2.39. The Hall–Kier alpha value is -2.50. The van der Waals surface area contributed by atoms with Crippen LogP contribution in [0.25, 0.3) is 0 Å². The summed E-state index contributed by atoms with van der Waals surface area (Å²) >= 11 is 0. The molecular weight excluding hydrogens is 232 g/mol. The zero-order valence-electron chi connectivity index (χ0n) is 9.95. The second-order valence-electron chi connectivity index (χ2n) is 3.78. The van der Waals surface area contributed by atoms with E-state index in [2.05, 4.69) is 10.3 Å². The van der Waals surface area contributed by atoms with Crippen molar-refractivity contribution in [2.45, 2.75) is 6.61 Å². The van der Waals surface area contributed by atoms with Gasteiger partial charge >= 0.3 is 0 Å². The molecule has 6 heteroatoms. The molecule has 0 aliphatic heterocycles. The number of ether oxygens (including phenoxy) is 1. The molecule has 94 valence electrons. The summed E-state index contributed by atoms with van der Waals surface area (Å²) in [5.41, 5.74) is 6.95. The van der Waals surface area contributed by atoms with Gasteiger partial charge in [0.25, 0.3) is 0 Å². The minimum absolute atomic E-state index is 0.0540. The van der Waals surface area contributed by atoms with E-state index in [1.165, 1.54) is 0 Å². The number of hydrogen-bond acceptors (Lipinski definition) is 4. The van der Waals surface area contributed by atoms with Gasteiger partial charge < -0.3 is 15.7 Å². The van der Waals surface area contributed by atoms with E-state index < -0.39 is 0 Å². The van der Waals surface area contributed by atoms with Crippen molar-refractivity contribution in [1.82, 2.24) is 9.78 Å². The molecule has 0 spiro atoms. The standard InChI is InChI=1S/C12H14N4O2/c1-16-6-5-10(14-16)8-18-11-4-2-3-9(7-11)12(13)15-17/h2-7,17H,8H2,1H3,(H2,13,15). The Labute approximate surface area is 104 Å². The lowest BCUT2D eigenvalue weighted by molar-refractivity contribution is 0.300. The Morgan fingerprint density at radius 2 is 2.33 bits per heavy atom. The monoisotopic (exact) mass is 246 g/mol. The highest BCUT2D eigenvalue weighted by Gasteiger charge is 2.02. The fraction of sp³-hybridized carbons (Fsp3) is 0.167. The Balaban J connectivity index is 2.05. The summed E-state index contributed by atoms with van der Waals surface area (Å²) in [6.07, 6.45) is 1.85. The van der Waals surface area contributed by atoms with Crippen molar-refractivity contribution < 1.29 is 9.94 Å². The molecule has 1 heterocycles. The van der Waals surface area contributed by atoms with Crippen LogP contribution in [0, 0.1) is 0 Å². The average molecular weight is 246 g/mol. The van der Waals surface area contributed by atoms with Gasteiger partial charge in [-0.3, -0.25) is 4.68 Å². The number of rotatable bonds is 4. The summed E-state index contributed by atoms with van der Waals surface area (Å²) < 4.78 is 7.29. The summed E-state index contributed by atoms with van der Waals surface area (Å²) in [7, 11) is 1.85. The van der Waals surface area contributed by atoms with Crippen LogP contribution in [-0.2, 0) is 13.7 Å². The van der Waals surface area contributed by atoms with E-state index in [1.807, 2.05) is 19.3 Å². The average Bonchev–Trinajstić information content (AvgIpc) is 2.81. The Morgan fingerprint density at radius 1 is 1.50 bits per heavy atom. The zero-order chi connectivity index (χ0) is 13.0. The first-order valence-electron chi connectivity index (χ1n) is 5.38. The third-order valence-electron chi connectivity index (χ3n) is 2.39. The molecular formula is C12H14N4O2. The lowest BCUT2D eigenvalue weighted by Crippen LogP contribution is -2.12. The van der Waals surface area contributed by atoms with Crippen molar-refractivity contribution in [3.05, 3.63) is 47.8 Å². The molecule has 3 N–H and O–H groups in total. The van der Waals surface area contributed by atoms with E-state index >= 15 is 0 Å². The van der Waals surface area contributed by atoms with Gasteiger partial charge in [0.05, 0.1) is 5.69 Å². The maximum atomic E-state index is 8.60. The third kappa shape index (κ3) is 2.79. The molecule has 0 atom stereocenters. The number of aryl methyl sites for hydroxylation is 1. The van der Waals surface area contributed by atoms with Gasteiger partial charge in [0, 0.05) is 18.8 Å². The van der Waals surface area contributed by atoms with E-state index in [9.17, 15) is 0 Å². The van der Waals surface area contributed by atoms with Crippen molar-refractivity contribution in [3.63, 3.8) is 0 Å². The van der Waals surface area contributed by atoms with Crippen LogP contribution in [0.3, 0.4) is 0 Å². The zero-order valence-corrected chi connectivity index (χ0v) is 9.95. The molecule has 0 saturated heterocycles. The molecule has 0 saturated carbocycles. The van der Waals surface area contributed by atoms with Gasteiger partial charge in [0.15, 0.2) is 5.84 Å². The molecule has 0 amide bonds. The van der Waals surface area contributed by atoms with Crippen molar-refractivity contribution in [1.29, 1.82) is 0 Å². The lowest BCUT2D eigenvalue weighted by Gasteiger charge is -2.05. The van der Waals surface area contributed by atoms with Gasteiger partial charge in [-0.1, -0.05) is 17.3 Å². The Kier molecular flexibility index (Phi) is 3.47. The topological polar surface area (TPSA) is 85.7 Å². The van der Waals surface area contributed by atoms with Gasteiger partial charge in [-0.25, -0.2) is 0 Å². The molecule has 0 aliphatic rings. The van der Waals surface area contributed by atoms with Gasteiger partial charge in [0.1, 0.15) is 12.4 Å². The van der Waals surface area contributed by atoms with Gasteiger partial charge in [0.2, 0.25) is 0 Å². The fourth-order valence-corrected chi connectivity index (χ4v) is 1.50. The number of amidine groups is 1. The second-order valence-corrected chi connectivity index (χ2v) is 3.78. The maximum absolute atomic E-state index is 8.60. The first kappa shape index (κ1) is 12.0. The normalized spacial score (nSPS) is 11.5. The van der Waals surface area contributed by atoms with Gasteiger partial charge in [-0.15, -0.1) is 0 Å². The van der Waals surface area contributed by atoms with Crippen LogP contribution in [0.15, 0.2) is 41.7 Å². The van der Waals surface area contributed by atoms with Crippen LogP contribution in [0.5, 0.6) is 5.75 Å². The highest BCUT2D eigenvalue weighted by atomic mass is 16.5. The van der Waals surface area contributed by atoms with Gasteiger partial charge in [-0.2, -0.15) is 5.10 Å². The molecule has 18 heavy (non-hydrogen) atoms. The quantitative estimate of drug-likeness (QED) is 0.366. The largest absolute Gasteiger partial charge is 0.487 e. The lowest BCUT2D eigenvalue weighted by atomic mass is 10.2. The SMILES string of the molecule is Cn1ccc(COc2cccc(/C(N)=N/O)c2)n1. The summed E-state index contributed by atoms with van der Waals surface area (Å²) in [5, 5.41) is 15.7. The van der Waals surface area contributed by atoms with Crippen LogP contribution in [0.4, 0.5) is 0 Å². The predicted octanol–water partition coefficient (Wildman–Crippen LogP) is 1.09. The van der Waals surface area contributed by atoms with E-state index in [0.29, 0.717) is 17.9 Å². The summed E-state index contributed by atoms with van der Waals surface area (Å²) in [6.45, 7) is 0.375. The number of benzene rings is 1. The number of oxime groups is 1. The molecule has 1 aromatic carbocycles. The fourth-order valence-electron chi connectivity index (χ4n) is 1.50. The Morgan fingerprint density at radius 3 is 3.00 bits per heavy atom. The molecule has 0 fully saturated rings. The molecule has 0 radical (unpaired) electrons. The van der Waals surface area contributed by atoms with E-state index in [4.69, 9.17) is 15.7 Å². The Bertz CT molecular complexity index is 563. The molecule has 0 aliphatic carbocycles. The molecule has 2 rings (SSSR count). The van der Waals surface area contributed by atoms with Crippen LogP contribution in [-0.4, -0.2) is 20.8 Å². The van der Waals surface area contributed by atoms with Crippen LogP contribution in [0.2, 0.25) is 0 Å². The summed E-state index contributed by atoms with van der Waals surface area (Å²) in [4.78, 5) is 0. The first-order valence-corrected chi connectivity index (χ1v) is 5.38. The molecule has 0 bridgehead atoms. The molecule has 1 aromatic heterocycles. The van der Waals surface area contributed by atoms with E-state index in [1.54, 1.807) is 28.9 Å². The first-order chi connectivity index (χ1) is 8.69. The number of hydrogen-bond donors (Lipinski definition) is 2. The summed E-state index contributed by atoms with van der Waals surface area (Å²) in [5.74, 6) is 0.697. The van der Waals surface area contributed by atoms with E-state index in [0.717, 1.165) is 5.69 Å².